The predicted molar refractivity (Wildman–Crippen MR) is 82.1 cm³/mol. The van der Waals surface area contributed by atoms with Crippen molar-refractivity contribution in [3.63, 3.8) is 0 Å². The lowest BCUT2D eigenvalue weighted by atomic mass is 10.1. The first-order valence-electron chi connectivity index (χ1n) is 8.14. The van der Waals surface area contributed by atoms with E-state index in [0.29, 0.717) is 13.1 Å². The lowest BCUT2D eigenvalue weighted by molar-refractivity contribution is 0.0523. The van der Waals surface area contributed by atoms with Gasteiger partial charge in [-0.3, -0.25) is 0 Å². The van der Waals surface area contributed by atoms with E-state index in [1.165, 1.54) is 12.8 Å². The van der Waals surface area contributed by atoms with Gasteiger partial charge >= 0.3 is 6.09 Å². The van der Waals surface area contributed by atoms with Gasteiger partial charge in [-0.05, 0) is 26.2 Å². The molecule has 0 spiro atoms. The standard InChI is InChI=1S/C16H27N3O2/c1-4-6-7-8-13(5-2)21-16(20)19-10-9-14-15(11-19)18-12(3)17-14/h13H,4-11H2,1-3H3,(H,17,18). The second kappa shape index (κ2) is 7.48. The average Bonchev–Trinajstić information content (AvgIpc) is 2.85. The molecule has 1 unspecified atom stereocenters. The van der Waals surface area contributed by atoms with Crippen LogP contribution in [0.25, 0.3) is 0 Å². The molecule has 0 aliphatic carbocycles. The first-order chi connectivity index (χ1) is 10.1. The highest BCUT2D eigenvalue weighted by molar-refractivity contribution is 5.68. The van der Waals surface area contributed by atoms with E-state index in [1.807, 2.05) is 6.92 Å². The summed E-state index contributed by atoms with van der Waals surface area (Å²) in [5, 5.41) is 0. The van der Waals surface area contributed by atoms with Gasteiger partial charge in [0.2, 0.25) is 0 Å². The molecular weight excluding hydrogens is 266 g/mol. The molecule has 1 atom stereocenters. The van der Waals surface area contributed by atoms with Gasteiger partial charge in [-0.25, -0.2) is 9.78 Å². The summed E-state index contributed by atoms with van der Waals surface area (Å²) in [5.41, 5.74) is 2.14. The summed E-state index contributed by atoms with van der Waals surface area (Å²) < 4.78 is 5.66. The molecule has 2 rings (SSSR count). The van der Waals surface area contributed by atoms with Crippen LogP contribution in [0.2, 0.25) is 0 Å². The second-order valence-electron chi connectivity index (χ2n) is 5.83. The lowest BCUT2D eigenvalue weighted by Gasteiger charge is -2.27. The van der Waals surface area contributed by atoms with Crippen LogP contribution in [0, 0.1) is 6.92 Å². The van der Waals surface area contributed by atoms with E-state index in [2.05, 4.69) is 23.8 Å². The number of aromatic amines is 1. The number of H-pyrrole nitrogens is 1. The topological polar surface area (TPSA) is 58.2 Å². The fourth-order valence-corrected chi connectivity index (χ4v) is 2.78. The summed E-state index contributed by atoms with van der Waals surface area (Å²) in [4.78, 5) is 21.7. The third-order valence-electron chi connectivity index (χ3n) is 4.06. The van der Waals surface area contributed by atoms with Crippen molar-refractivity contribution in [2.75, 3.05) is 6.54 Å². The smallest absolute Gasteiger partial charge is 0.410 e. The zero-order chi connectivity index (χ0) is 15.2. The minimum Gasteiger partial charge on any atom is -0.446 e. The molecule has 118 valence electrons. The minimum absolute atomic E-state index is 0.0500. The molecule has 0 fully saturated rings. The molecule has 0 radical (unpaired) electrons. The van der Waals surface area contributed by atoms with Gasteiger partial charge in [-0.2, -0.15) is 0 Å². The Morgan fingerprint density at radius 1 is 1.43 bits per heavy atom. The van der Waals surface area contributed by atoms with Crippen molar-refractivity contribution < 1.29 is 9.53 Å². The quantitative estimate of drug-likeness (QED) is 0.816. The molecule has 2 heterocycles. The SMILES string of the molecule is CCCCCC(CC)OC(=O)N1CCc2nc(C)[nH]c2C1. The number of aryl methyl sites for hydroxylation is 1. The Morgan fingerprint density at radius 3 is 2.95 bits per heavy atom. The molecule has 1 aliphatic rings. The normalized spacial score (nSPS) is 15.7. The number of nitrogens with one attached hydrogen (secondary N) is 1. The van der Waals surface area contributed by atoms with Crippen molar-refractivity contribution in [2.24, 2.45) is 0 Å². The van der Waals surface area contributed by atoms with Gasteiger partial charge < -0.3 is 14.6 Å². The Kier molecular flexibility index (Phi) is 5.65. The first kappa shape index (κ1) is 15.9. The molecule has 1 aromatic rings. The highest BCUT2D eigenvalue weighted by Crippen LogP contribution is 2.19. The van der Waals surface area contributed by atoms with E-state index < -0.39 is 0 Å². The highest BCUT2D eigenvalue weighted by Gasteiger charge is 2.25. The van der Waals surface area contributed by atoms with Gasteiger partial charge in [-0.1, -0.05) is 26.7 Å². The van der Waals surface area contributed by atoms with Crippen LogP contribution in [0.3, 0.4) is 0 Å². The number of hydrogen-bond acceptors (Lipinski definition) is 3. The summed E-state index contributed by atoms with van der Waals surface area (Å²) >= 11 is 0. The van der Waals surface area contributed by atoms with Crippen molar-refractivity contribution in [1.29, 1.82) is 0 Å². The number of unbranched alkanes of at least 4 members (excludes halogenated alkanes) is 2. The maximum Gasteiger partial charge on any atom is 0.410 e. The summed E-state index contributed by atoms with van der Waals surface area (Å²) in [6, 6.07) is 0. The summed E-state index contributed by atoms with van der Waals surface area (Å²) in [5.74, 6) is 0.918. The van der Waals surface area contributed by atoms with Crippen LogP contribution in [0.1, 0.15) is 63.2 Å². The number of rotatable bonds is 6. The molecule has 21 heavy (non-hydrogen) atoms. The number of hydrogen-bond donors (Lipinski definition) is 1. The van der Waals surface area contributed by atoms with Crippen LogP contribution in [0.15, 0.2) is 0 Å². The first-order valence-corrected chi connectivity index (χ1v) is 8.14. The second-order valence-corrected chi connectivity index (χ2v) is 5.83. The maximum atomic E-state index is 12.3. The Bertz CT molecular complexity index is 470. The van der Waals surface area contributed by atoms with Gasteiger partial charge in [0, 0.05) is 13.0 Å². The molecule has 0 aromatic carbocycles. The fraction of sp³-hybridized carbons (Fsp3) is 0.750. The number of aromatic nitrogens is 2. The Morgan fingerprint density at radius 2 is 2.24 bits per heavy atom. The van der Waals surface area contributed by atoms with E-state index >= 15 is 0 Å². The minimum atomic E-state index is -0.184. The third-order valence-corrected chi connectivity index (χ3v) is 4.06. The molecule has 0 saturated carbocycles. The van der Waals surface area contributed by atoms with Crippen molar-refractivity contribution >= 4 is 6.09 Å². The van der Waals surface area contributed by atoms with E-state index in [1.54, 1.807) is 4.90 Å². The van der Waals surface area contributed by atoms with Gasteiger partial charge in [0.25, 0.3) is 0 Å². The van der Waals surface area contributed by atoms with Crippen molar-refractivity contribution in [2.45, 2.75) is 71.9 Å². The molecular formula is C16H27N3O2. The number of amides is 1. The third kappa shape index (κ3) is 4.22. The average molecular weight is 293 g/mol. The maximum absolute atomic E-state index is 12.3. The molecule has 0 saturated heterocycles. The molecule has 1 amide bonds. The summed E-state index contributed by atoms with van der Waals surface area (Å²) in [7, 11) is 0. The Balaban J connectivity index is 1.85. The Labute approximate surface area is 127 Å². The number of carbonyl (C=O) groups excluding carboxylic acids is 1. The van der Waals surface area contributed by atoms with Gasteiger partial charge in [0.05, 0.1) is 17.9 Å². The van der Waals surface area contributed by atoms with Gasteiger partial charge in [0.1, 0.15) is 11.9 Å². The monoisotopic (exact) mass is 293 g/mol. The van der Waals surface area contributed by atoms with Crippen LogP contribution < -0.4 is 0 Å². The van der Waals surface area contributed by atoms with Crippen LogP contribution in [-0.2, 0) is 17.7 Å². The van der Waals surface area contributed by atoms with Crippen LogP contribution in [0.4, 0.5) is 4.79 Å². The van der Waals surface area contributed by atoms with Crippen molar-refractivity contribution in [3.05, 3.63) is 17.2 Å². The van der Waals surface area contributed by atoms with E-state index in [4.69, 9.17) is 4.74 Å². The van der Waals surface area contributed by atoms with Crippen molar-refractivity contribution in [1.82, 2.24) is 14.9 Å². The van der Waals surface area contributed by atoms with Crippen molar-refractivity contribution in [3.8, 4) is 0 Å². The molecule has 1 aliphatic heterocycles. The fourth-order valence-electron chi connectivity index (χ4n) is 2.78. The number of ether oxygens (including phenoxy) is 1. The summed E-state index contributed by atoms with van der Waals surface area (Å²) in [6.07, 6.45) is 6.06. The molecule has 5 heteroatoms. The zero-order valence-corrected chi connectivity index (χ0v) is 13.4. The highest BCUT2D eigenvalue weighted by atomic mass is 16.6. The predicted octanol–water partition coefficient (Wildman–Crippen LogP) is 3.57. The van der Waals surface area contributed by atoms with Crippen LogP contribution in [-0.4, -0.2) is 33.6 Å². The zero-order valence-electron chi connectivity index (χ0n) is 13.4. The lowest BCUT2D eigenvalue weighted by Crippen LogP contribution is -2.38. The Hall–Kier alpha value is -1.52. The molecule has 1 N–H and O–H groups in total. The van der Waals surface area contributed by atoms with E-state index in [0.717, 1.165) is 42.9 Å². The molecule has 1 aromatic heterocycles. The van der Waals surface area contributed by atoms with E-state index in [-0.39, 0.29) is 12.2 Å². The number of imidazole rings is 1. The number of carbonyl (C=O) groups is 1. The number of fused-ring (bicyclic) bond motifs is 1. The molecule has 0 bridgehead atoms. The molecule has 5 nitrogen and oxygen atoms in total. The van der Waals surface area contributed by atoms with Gasteiger partial charge in [-0.15, -0.1) is 0 Å². The van der Waals surface area contributed by atoms with E-state index in [9.17, 15) is 4.79 Å². The summed E-state index contributed by atoms with van der Waals surface area (Å²) in [6.45, 7) is 7.49. The van der Waals surface area contributed by atoms with Crippen LogP contribution in [0.5, 0.6) is 0 Å². The van der Waals surface area contributed by atoms with Gasteiger partial charge in [0.15, 0.2) is 0 Å². The largest absolute Gasteiger partial charge is 0.446 e. The van der Waals surface area contributed by atoms with Crippen LogP contribution >= 0.6 is 0 Å². The number of nitrogens with zero attached hydrogens (tertiary/aromatic N) is 2.